The Balaban J connectivity index is 1.66. The van der Waals surface area contributed by atoms with Crippen molar-refractivity contribution in [2.45, 2.75) is 0 Å². The minimum atomic E-state index is 0.943. The SMILES string of the molecule is c1ccc(-c2ccc3c4c2ccc2c4c4c(cccc4n2-c2ccccn2)-c2ccccc2-3)cc1. The van der Waals surface area contributed by atoms with E-state index in [1.54, 1.807) is 0 Å². The Morgan fingerprint density at radius 2 is 1.11 bits per heavy atom. The summed E-state index contributed by atoms with van der Waals surface area (Å²) in [4.78, 5) is 4.74. The molecule has 2 heterocycles. The first-order valence-electron chi connectivity index (χ1n) is 12.0. The number of nitrogens with zero attached hydrogens (tertiary/aromatic N) is 2. The summed E-state index contributed by atoms with van der Waals surface area (Å²) in [6.45, 7) is 0. The van der Waals surface area contributed by atoms with Crippen LogP contribution in [0.1, 0.15) is 0 Å². The van der Waals surface area contributed by atoms with Crippen LogP contribution in [0.5, 0.6) is 0 Å². The van der Waals surface area contributed by atoms with Gasteiger partial charge in [0.05, 0.1) is 11.0 Å². The molecule has 2 nitrogen and oxygen atoms in total. The highest BCUT2D eigenvalue weighted by Crippen LogP contribution is 2.50. The van der Waals surface area contributed by atoms with Gasteiger partial charge < -0.3 is 0 Å². The molecular formula is C33H20N2. The summed E-state index contributed by atoms with van der Waals surface area (Å²) < 4.78 is 2.32. The molecule has 1 aliphatic carbocycles. The lowest BCUT2D eigenvalue weighted by Gasteiger charge is -2.15. The van der Waals surface area contributed by atoms with Gasteiger partial charge in [-0.05, 0) is 63.0 Å². The molecule has 7 aromatic rings. The van der Waals surface area contributed by atoms with Crippen LogP contribution >= 0.6 is 0 Å². The minimum absolute atomic E-state index is 0.943. The molecule has 0 amide bonds. The summed E-state index contributed by atoms with van der Waals surface area (Å²) in [5.74, 6) is 0.943. The Morgan fingerprint density at radius 3 is 1.91 bits per heavy atom. The zero-order chi connectivity index (χ0) is 22.9. The Hall–Kier alpha value is -4.69. The van der Waals surface area contributed by atoms with E-state index in [1.165, 1.54) is 66.0 Å². The molecule has 162 valence electrons. The number of hydrogen-bond donors (Lipinski definition) is 0. The molecular weight excluding hydrogens is 424 g/mol. The van der Waals surface area contributed by atoms with Crippen LogP contribution in [-0.4, -0.2) is 9.55 Å². The standard InChI is InChI=1S/C33H20N2/c1-2-9-21(10-3-1)22-16-17-27-24-12-5-4-11-23(24)25-13-8-14-28-32(25)33-29(19-18-26(22)31(27)33)35(28)30-15-6-7-20-34-30/h1-20H. The summed E-state index contributed by atoms with van der Waals surface area (Å²) in [5.41, 5.74) is 10.0. The molecule has 0 unspecified atom stereocenters. The third-order valence-electron chi connectivity index (χ3n) is 7.40. The summed E-state index contributed by atoms with van der Waals surface area (Å²) in [5, 5.41) is 5.21. The van der Waals surface area contributed by atoms with Crippen molar-refractivity contribution in [3.63, 3.8) is 0 Å². The molecule has 0 bridgehead atoms. The molecule has 0 atom stereocenters. The lowest BCUT2D eigenvalue weighted by Crippen LogP contribution is -1.97. The van der Waals surface area contributed by atoms with E-state index in [2.05, 4.69) is 114 Å². The van der Waals surface area contributed by atoms with Crippen LogP contribution < -0.4 is 0 Å². The highest BCUT2D eigenvalue weighted by atomic mass is 15.1. The Bertz CT molecular complexity index is 1910. The van der Waals surface area contributed by atoms with E-state index in [-0.39, 0.29) is 0 Å². The molecule has 0 aliphatic heterocycles. The van der Waals surface area contributed by atoms with Crippen molar-refractivity contribution in [3.05, 3.63) is 121 Å². The number of hydrogen-bond acceptors (Lipinski definition) is 1. The topological polar surface area (TPSA) is 17.8 Å². The van der Waals surface area contributed by atoms with E-state index in [1.807, 2.05) is 12.3 Å². The van der Waals surface area contributed by atoms with Crippen molar-refractivity contribution in [3.8, 4) is 39.2 Å². The third-order valence-corrected chi connectivity index (χ3v) is 7.40. The van der Waals surface area contributed by atoms with Crippen molar-refractivity contribution >= 4 is 32.6 Å². The molecule has 5 aromatic carbocycles. The van der Waals surface area contributed by atoms with Crippen LogP contribution in [0.15, 0.2) is 121 Å². The average Bonchev–Trinajstić information content (AvgIpc) is 3.21. The quantitative estimate of drug-likeness (QED) is 0.261. The van der Waals surface area contributed by atoms with Crippen molar-refractivity contribution in [2.24, 2.45) is 0 Å². The number of pyridine rings is 1. The zero-order valence-electron chi connectivity index (χ0n) is 18.9. The molecule has 1 aliphatic rings. The Kier molecular flexibility index (Phi) is 3.69. The molecule has 0 saturated heterocycles. The van der Waals surface area contributed by atoms with Gasteiger partial charge in [0.1, 0.15) is 5.82 Å². The van der Waals surface area contributed by atoms with Gasteiger partial charge >= 0.3 is 0 Å². The van der Waals surface area contributed by atoms with Crippen molar-refractivity contribution in [2.75, 3.05) is 0 Å². The molecule has 0 N–H and O–H groups in total. The van der Waals surface area contributed by atoms with Crippen LogP contribution in [0.3, 0.4) is 0 Å². The van der Waals surface area contributed by atoms with Crippen LogP contribution in [-0.2, 0) is 0 Å². The monoisotopic (exact) mass is 444 g/mol. The third kappa shape index (κ3) is 2.46. The lowest BCUT2D eigenvalue weighted by molar-refractivity contribution is 1.08. The van der Waals surface area contributed by atoms with Gasteiger partial charge in [-0.3, -0.25) is 4.57 Å². The number of fused-ring (bicyclic) bond motifs is 3. The first-order valence-corrected chi connectivity index (χ1v) is 12.0. The summed E-state index contributed by atoms with van der Waals surface area (Å²) in [7, 11) is 0. The van der Waals surface area contributed by atoms with Crippen LogP contribution in [0.25, 0.3) is 71.8 Å². The molecule has 2 aromatic heterocycles. The van der Waals surface area contributed by atoms with E-state index >= 15 is 0 Å². The molecule has 8 rings (SSSR count). The van der Waals surface area contributed by atoms with E-state index in [0.717, 1.165) is 5.82 Å². The largest absolute Gasteiger partial charge is 0.294 e. The smallest absolute Gasteiger partial charge is 0.137 e. The van der Waals surface area contributed by atoms with Gasteiger partial charge in [-0.2, -0.15) is 0 Å². The zero-order valence-corrected chi connectivity index (χ0v) is 18.9. The number of rotatable bonds is 2. The predicted molar refractivity (Wildman–Crippen MR) is 146 cm³/mol. The van der Waals surface area contributed by atoms with Crippen molar-refractivity contribution in [1.29, 1.82) is 0 Å². The van der Waals surface area contributed by atoms with Gasteiger partial charge in [-0.1, -0.05) is 91.0 Å². The first-order chi connectivity index (χ1) is 17.4. The summed E-state index contributed by atoms with van der Waals surface area (Å²) in [6, 6.07) is 41.5. The Labute approximate surface area is 202 Å². The maximum absolute atomic E-state index is 4.74. The average molecular weight is 445 g/mol. The van der Waals surface area contributed by atoms with Crippen LogP contribution in [0.4, 0.5) is 0 Å². The second-order valence-corrected chi connectivity index (χ2v) is 9.18. The molecule has 0 saturated carbocycles. The fraction of sp³-hybridized carbons (Fsp3) is 0. The Morgan fingerprint density at radius 1 is 0.429 bits per heavy atom. The minimum Gasteiger partial charge on any atom is -0.294 e. The van der Waals surface area contributed by atoms with E-state index in [4.69, 9.17) is 4.98 Å². The molecule has 0 radical (unpaired) electrons. The second-order valence-electron chi connectivity index (χ2n) is 9.18. The van der Waals surface area contributed by atoms with Crippen molar-refractivity contribution < 1.29 is 0 Å². The van der Waals surface area contributed by atoms with E-state index in [9.17, 15) is 0 Å². The molecule has 0 spiro atoms. The molecule has 35 heavy (non-hydrogen) atoms. The van der Waals surface area contributed by atoms with Gasteiger partial charge in [-0.15, -0.1) is 0 Å². The lowest BCUT2D eigenvalue weighted by atomic mass is 9.90. The maximum atomic E-state index is 4.74. The summed E-state index contributed by atoms with van der Waals surface area (Å²) >= 11 is 0. The first kappa shape index (κ1) is 18.7. The highest BCUT2D eigenvalue weighted by molar-refractivity contribution is 6.31. The van der Waals surface area contributed by atoms with Gasteiger partial charge in [0.2, 0.25) is 0 Å². The molecule has 0 fully saturated rings. The number of aromatic nitrogens is 2. The van der Waals surface area contributed by atoms with Gasteiger partial charge in [0.25, 0.3) is 0 Å². The maximum Gasteiger partial charge on any atom is 0.137 e. The predicted octanol–water partition coefficient (Wildman–Crippen LogP) is 8.65. The van der Waals surface area contributed by atoms with Gasteiger partial charge in [0.15, 0.2) is 0 Å². The highest BCUT2D eigenvalue weighted by Gasteiger charge is 2.25. The normalized spacial score (nSPS) is 12.0. The van der Waals surface area contributed by atoms with Gasteiger partial charge in [-0.25, -0.2) is 4.98 Å². The van der Waals surface area contributed by atoms with Crippen LogP contribution in [0, 0.1) is 0 Å². The van der Waals surface area contributed by atoms with E-state index < -0.39 is 0 Å². The van der Waals surface area contributed by atoms with Crippen molar-refractivity contribution in [1.82, 2.24) is 9.55 Å². The fourth-order valence-corrected chi connectivity index (χ4v) is 6.00. The van der Waals surface area contributed by atoms with Crippen LogP contribution in [0.2, 0.25) is 0 Å². The van der Waals surface area contributed by atoms with E-state index in [0.29, 0.717) is 0 Å². The number of benzene rings is 5. The molecule has 2 heteroatoms. The second kappa shape index (κ2) is 6.91. The fourth-order valence-electron chi connectivity index (χ4n) is 6.00. The van der Waals surface area contributed by atoms with Gasteiger partial charge in [0, 0.05) is 22.4 Å². The summed E-state index contributed by atoms with van der Waals surface area (Å²) in [6.07, 6.45) is 1.87.